The van der Waals surface area contributed by atoms with Crippen molar-refractivity contribution in [3.8, 4) is 5.75 Å². The van der Waals surface area contributed by atoms with Crippen molar-refractivity contribution in [2.24, 2.45) is 0 Å². The van der Waals surface area contributed by atoms with E-state index < -0.39 is 6.61 Å². The first kappa shape index (κ1) is 15.9. The molecule has 0 spiro atoms. The topological polar surface area (TPSA) is 26.3 Å². The Kier molecular flexibility index (Phi) is 5.31. The van der Waals surface area contributed by atoms with E-state index in [1.165, 1.54) is 18.2 Å². The Labute approximate surface area is 133 Å². The first-order valence-electron chi connectivity index (χ1n) is 5.97. The molecule has 0 amide bonds. The van der Waals surface area contributed by atoms with Crippen LogP contribution in [0.25, 0.3) is 0 Å². The number of ether oxygens (including phenoxy) is 1. The van der Waals surface area contributed by atoms with Crippen molar-refractivity contribution in [1.82, 2.24) is 0 Å². The lowest BCUT2D eigenvalue weighted by atomic mass is 10.0. The fraction of sp³-hybridized carbons (Fsp3) is 0.133. The van der Waals surface area contributed by atoms with Gasteiger partial charge in [-0.2, -0.15) is 8.78 Å². The summed E-state index contributed by atoms with van der Waals surface area (Å²) in [5, 5.41) is 0.470. The number of halogens is 4. The third-order valence-corrected chi connectivity index (χ3v) is 3.59. The molecule has 2 aromatic carbocycles. The van der Waals surface area contributed by atoms with E-state index in [9.17, 15) is 13.6 Å². The van der Waals surface area contributed by atoms with Crippen molar-refractivity contribution in [3.05, 3.63) is 63.1 Å². The summed E-state index contributed by atoms with van der Waals surface area (Å²) in [5.41, 5.74) is 0.970. The molecule has 0 bridgehead atoms. The van der Waals surface area contributed by atoms with Gasteiger partial charge in [0, 0.05) is 21.5 Å². The first-order valence-corrected chi connectivity index (χ1v) is 7.15. The predicted octanol–water partition coefficient (Wildman–Crippen LogP) is 5.13. The molecular formula is C15H10BrClF2O2. The van der Waals surface area contributed by atoms with Gasteiger partial charge in [-0.25, -0.2) is 0 Å². The van der Waals surface area contributed by atoms with Crippen LogP contribution >= 0.6 is 27.5 Å². The minimum Gasteiger partial charge on any atom is -0.435 e. The molecule has 0 aromatic heterocycles. The highest BCUT2D eigenvalue weighted by atomic mass is 79.9. The largest absolute Gasteiger partial charge is 0.435 e. The zero-order valence-electron chi connectivity index (χ0n) is 10.7. The number of carbonyl (C=O) groups is 1. The quantitative estimate of drug-likeness (QED) is 0.677. The molecule has 0 N–H and O–H groups in total. The van der Waals surface area contributed by atoms with E-state index in [1.54, 1.807) is 24.3 Å². The minimum absolute atomic E-state index is 0.0437. The normalized spacial score (nSPS) is 10.7. The van der Waals surface area contributed by atoms with Crippen LogP contribution in [0.1, 0.15) is 15.9 Å². The van der Waals surface area contributed by atoms with E-state index in [-0.39, 0.29) is 18.0 Å². The van der Waals surface area contributed by atoms with E-state index in [0.717, 1.165) is 4.47 Å². The average Bonchev–Trinajstić information content (AvgIpc) is 2.41. The molecule has 2 nitrogen and oxygen atoms in total. The summed E-state index contributed by atoms with van der Waals surface area (Å²) in [4.78, 5) is 12.2. The molecule has 0 aliphatic rings. The molecule has 0 saturated heterocycles. The monoisotopic (exact) mass is 374 g/mol. The maximum Gasteiger partial charge on any atom is 0.387 e. The van der Waals surface area contributed by atoms with Gasteiger partial charge in [0.25, 0.3) is 0 Å². The summed E-state index contributed by atoms with van der Waals surface area (Å²) < 4.78 is 29.4. The van der Waals surface area contributed by atoms with E-state index in [4.69, 9.17) is 11.6 Å². The number of hydrogen-bond acceptors (Lipinski definition) is 2. The van der Waals surface area contributed by atoms with Crippen LogP contribution in [-0.2, 0) is 6.42 Å². The molecule has 0 saturated carbocycles. The van der Waals surface area contributed by atoms with Gasteiger partial charge in [0.05, 0.1) is 0 Å². The van der Waals surface area contributed by atoms with Gasteiger partial charge >= 0.3 is 6.61 Å². The Hall–Kier alpha value is -1.46. The van der Waals surface area contributed by atoms with Crippen molar-refractivity contribution in [3.63, 3.8) is 0 Å². The zero-order valence-corrected chi connectivity index (χ0v) is 13.0. The van der Waals surface area contributed by atoms with Gasteiger partial charge in [-0.15, -0.1) is 0 Å². The van der Waals surface area contributed by atoms with Crippen molar-refractivity contribution in [2.45, 2.75) is 13.0 Å². The third kappa shape index (κ3) is 4.51. The van der Waals surface area contributed by atoms with Crippen LogP contribution in [0.4, 0.5) is 8.78 Å². The Balaban J connectivity index is 2.16. The molecule has 0 fully saturated rings. The van der Waals surface area contributed by atoms with Gasteiger partial charge in [-0.05, 0) is 29.8 Å². The number of carbonyl (C=O) groups excluding carboxylic acids is 1. The molecule has 0 aliphatic carbocycles. The van der Waals surface area contributed by atoms with Crippen molar-refractivity contribution < 1.29 is 18.3 Å². The number of alkyl halides is 2. The van der Waals surface area contributed by atoms with Crippen LogP contribution in [0, 0.1) is 0 Å². The molecule has 21 heavy (non-hydrogen) atoms. The van der Waals surface area contributed by atoms with Crippen LogP contribution in [0.3, 0.4) is 0 Å². The molecule has 110 valence electrons. The lowest BCUT2D eigenvalue weighted by molar-refractivity contribution is -0.0498. The van der Waals surface area contributed by atoms with Crippen LogP contribution in [0.15, 0.2) is 46.9 Å². The number of rotatable bonds is 5. The molecule has 6 heteroatoms. The predicted molar refractivity (Wildman–Crippen MR) is 80.3 cm³/mol. The van der Waals surface area contributed by atoms with Crippen molar-refractivity contribution in [1.29, 1.82) is 0 Å². The molecule has 2 rings (SSSR count). The van der Waals surface area contributed by atoms with Crippen LogP contribution < -0.4 is 4.74 Å². The highest BCUT2D eigenvalue weighted by Crippen LogP contribution is 2.23. The lowest BCUT2D eigenvalue weighted by Crippen LogP contribution is -2.06. The van der Waals surface area contributed by atoms with Gasteiger partial charge in [0.2, 0.25) is 0 Å². The van der Waals surface area contributed by atoms with Crippen molar-refractivity contribution >= 4 is 33.3 Å². The van der Waals surface area contributed by atoms with Gasteiger partial charge in [-0.3, -0.25) is 4.79 Å². The Morgan fingerprint density at radius 2 is 2.00 bits per heavy atom. The van der Waals surface area contributed by atoms with E-state index in [2.05, 4.69) is 20.7 Å². The summed E-state index contributed by atoms with van der Waals surface area (Å²) in [7, 11) is 0. The molecule has 0 atom stereocenters. The first-order chi connectivity index (χ1) is 9.95. The number of ketones is 1. The van der Waals surface area contributed by atoms with Gasteiger partial charge in [-0.1, -0.05) is 45.7 Å². The summed E-state index contributed by atoms with van der Waals surface area (Å²) in [6, 6.07) is 10.9. The maximum absolute atomic E-state index is 12.2. The average molecular weight is 376 g/mol. The molecule has 2 aromatic rings. The number of Topliss-reactive ketones (excluding diaryl/α,β-unsaturated/α-hetero) is 1. The third-order valence-electron chi connectivity index (χ3n) is 2.75. The lowest BCUT2D eigenvalue weighted by Gasteiger charge is -2.07. The second kappa shape index (κ2) is 7.00. The highest BCUT2D eigenvalue weighted by molar-refractivity contribution is 9.10. The Morgan fingerprint density at radius 1 is 1.24 bits per heavy atom. The fourth-order valence-corrected chi connectivity index (χ4v) is 2.53. The van der Waals surface area contributed by atoms with Gasteiger partial charge in [0.1, 0.15) is 5.75 Å². The Bertz CT molecular complexity index is 662. The summed E-state index contributed by atoms with van der Waals surface area (Å²) in [6.07, 6.45) is 0.0875. The zero-order chi connectivity index (χ0) is 15.4. The highest BCUT2D eigenvalue weighted by Gasteiger charge is 2.12. The van der Waals surface area contributed by atoms with E-state index >= 15 is 0 Å². The second-order valence-electron chi connectivity index (χ2n) is 4.24. The molecule has 0 radical (unpaired) electrons. The number of benzene rings is 2. The molecule has 0 aliphatic heterocycles. The van der Waals surface area contributed by atoms with Crippen LogP contribution in [-0.4, -0.2) is 12.4 Å². The SMILES string of the molecule is O=C(Cc1ccc(Br)cc1Cl)c1cccc(OC(F)F)c1. The summed E-state index contributed by atoms with van der Waals surface area (Å²) in [5.74, 6) is -0.267. The van der Waals surface area contributed by atoms with Crippen molar-refractivity contribution in [2.75, 3.05) is 0 Å². The summed E-state index contributed by atoms with van der Waals surface area (Å²) in [6.45, 7) is -2.92. The van der Waals surface area contributed by atoms with E-state index in [0.29, 0.717) is 16.1 Å². The molecule has 0 unspecified atom stereocenters. The Morgan fingerprint density at radius 3 is 2.67 bits per heavy atom. The smallest absolute Gasteiger partial charge is 0.387 e. The summed E-state index contributed by atoms with van der Waals surface area (Å²) >= 11 is 9.34. The van der Waals surface area contributed by atoms with Crippen LogP contribution in [0.5, 0.6) is 5.75 Å². The van der Waals surface area contributed by atoms with E-state index in [1.807, 2.05) is 0 Å². The minimum atomic E-state index is -2.92. The van der Waals surface area contributed by atoms with Gasteiger partial charge < -0.3 is 4.74 Å². The number of hydrogen-bond donors (Lipinski definition) is 0. The maximum atomic E-state index is 12.2. The van der Waals surface area contributed by atoms with Gasteiger partial charge in [0.15, 0.2) is 5.78 Å². The molecular weight excluding hydrogens is 366 g/mol. The molecule has 0 heterocycles. The fourth-order valence-electron chi connectivity index (χ4n) is 1.79. The second-order valence-corrected chi connectivity index (χ2v) is 5.56. The standard InChI is InChI=1S/C15H10BrClF2O2/c16-11-5-4-9(13(17)8-11)7-14(20)10-2-1-3-12(6-10)21-15(18)19/h1-6,8,15H,7H2. The van der Waals surface area contributed by atoms with Crippen LogP contribution in [0.2, 0.25) is 5.02 Å².